The third-order valence-electron chi connectivity index (χ3n) is 5.21. The second kappa shape index (κ2) is 8.32. The van der Waals surface area contributed by atoms with Crippen molar-refractivity contribution in [2.75, 3.05) is 50.8 Å². The van der Waals surface area contributed by atoms with Crippen LogP contribution >= 0.6 is 0 Å². The van der Waals surface area contributed by atoms with Gasteiger partial charge in [0.2, 0.25) is 5.95 Å². The molecule has 1 fully saturated rings. The number of ether oxygens (including phenoxy) is 2. The highest BCUT2D eigenvalue weighted by atomic mass is 16.5. The van der Waals surface area contributed by atoms with Gasteiger partial charge in [0.15, 0.2) is 11.5 Å². The summed E-state index contributed by atoms with van der Waals surface area (Å²) >= 11 is 0. The minimum atomic E-state index is -0.554. The zero-order valence-electron chi connectivity index (χ0n) is 16.6. The number of piperazine rings is 1. The Morgan fingerprint density at radius 1 is 0.964 bits per heavy atom. The number of hydrogen-bond donors (Lipinski definition) is 1. The minimum absolute atomic E-state index is 0.554. The van der Waals surface area contributed by atoms with E-state index in [1.54, 1.807) is 0 Å². The standard InChI is InChI=1S/C21H28N4O3/c1-15-12-16(2)23-21(22-15)25-8-6-24(7-9-25)14-18(26)17-4-5-19-20(13-17)28-11-3-10-27-19/h4-5,12-13,18,26H,3,6-11,14H2,1-2H3. The molecular formula is C21H28N4O3. The maximum atomic E-state index is 10.7. The zero-order valence-corrected chi connectivity index (χ0v) is 16.6. The van der Waals surface area contributed by atoms with Gasteiger partial charge in [-0.2, -0.15) is 0 Å². The lowest BCUT2D eigenvalue weighted by Crippen LogP contribution is -2.48. The molecule has 2 aromatic rings. The molecule has 2 aliphatic heterocycles. The maximum Gasteiger partial charge on any atom is 0.225 e. The minimum Gasteiger partial charge on any atom is -0.490 e. The van der Waals surface area contributed by atoms with Gasteiger partial charge in [-0.05, 0) is 37.6 Å². The Balaban J connectivity index is 1.35. The van der Waals surface area contributed by atoms with Gasteiger partial charge < -0.3 is 19.5 Å². The summed E-state index contributed by atoms with van der Waals surface area (Å²) in [5.41, 5.74) is 2.86. The van der Waals surface area contributed by atoms with Crippen LogP contribution in [-0.4, -0.2) is 65.9 Å². The van der Waals surface area contributed by atoms with Crippen LogP contribution in [0.4, 0.5) is 5.95 Å². The number of nitrogens with zero attached hydrogens (tertiary/aromatic N) is 4. The van der Waals surface area contributed by atoms with Crippen LogP contribution in [0.3, 0.4) is 0 Å². The number of aromatic nitrogens is 2. The van der Waals surface area contributed by atoms with Crippen molar-refractivity contribution >= 4 is 5.95 Å². The molecular weight excluding hydrogens is 356 g/mol. The molecule has 1 aromatic heterocycles. The number of aliphatic hydroxyl groups excluding tert-OH is 1. The summed E-state index contributed by atoms with van der Waals surface area (Å²) in [7, 11) is 0. The first-order valence-electron chi connectivity index (χ1n) is 9.96. The summed E-state index contributed by atoms with van der Waals surface area (Å²) < 4.78 is 11.4. The largest absolute Gasteiger partial charge is 0.490 e. The fraction of sp³-hybridized carbons (Fsp3) is 0.524. The molecule has 0 spiro atoms. The quantitative estimate of drug-likeness (QED) is 0.866. The van der Waals surface area contributed by atoms with Crippen molar-refractivity contribution in [1.82, 2.24) is 14.9 Å². The molecule has 7 heteroatoms. The van der Waals surface area contributed by atoms with Crippen LogP contribution in [0.2, 0.25) is 0 Å². The maximum absolute atomic E-state index is 10.7. The molecule has 3 heterocycles. The molecule has 28 heavy (non-hydrogen) atoms. The summed E-state index contributed by atoms with van der Waals surface area (Å²) in [5, 5.41) is 10.7. The highest BCUT2D eigenvalue weighted by Crippen LogP contribution is 2.32. The number of rotatable bonds is 4. The van der Waals surface area contributed by atoms with E-state index in [0.29, 0.717) is 19.8 Å². The summed E-state index contributed by atoms with van der Waals surface area (Å²) in [4.78, 5) is 13.6. The van der Waals surface area contributed by atoms with E-state index in [1.807, 2.05) is 38.1 Å². The van der Waals surface area contributed by atoms with Gasteiger partial charge in [0.05, 0.1) is 19.3 Å². The molecule has 0 saturated carbocycles. The lowest BCUT2D eigenvalue weighted by atomic mass is 10.1. The molecule has 2 aliphatic rings. The average Bonchev–Trinajstić information content (AvgIpc) is 2.92. The van der Waals surface area contributed by atoms with Crippen molar-refractivity contribution in [2.45, 2.75) is 26.4 Å². The van der Waals surface area contributed by atoms with Crippen molar-refractivity contribution < 1.29 is 14.6 Å². The Hall–Kier alpha value is -2.38. The summed E-state index contributed by atoms with van der Waals surface area (Å²) in [6, 6.07) is 7.72. The Kier molecular flexibility index (Phi) is 5.64. The fourth-order valence-electron chi connectivity index (χ4n) is 3.72. The van der Waals surface area contributed by atoms with E-state index in [-0.39, 0.29) is 0 Å². The average molecular weight is 384 g/mol. The van der Waals surface area contributed by atoms with Crippen LogP contribution in [0.15, 0.2) is 24.3 Å². The Morgan fingerprint density at radius 2 is 1.64 bits per heavy atom. The number of benzene rings is 1. The van der Waals surface area contributed by atoms with Crippen LogP contribution in [0.5, 0.6) is 11.5 Å². The SMILES string of the molecule is Cc1cc(C)nc(N2CCN(CC(O)c3ccc4c(c3)OCCCO4)CC2)n1. The molecule has 0 bridgehead atoms. The molecule has 1 aromatic carbocycles. The van der Waals surface area contributed by atoms with Gasteiger partial charge in [0.1, 0.15) is 0 Å². The van der Waals surface area contributed by atoms with Crippen molar-refractivity contribution in [3.8, 4) is 11.5 Å². The molecule has 150 valence electrons. The predicted octanol–water partition coefficient (Wildman–Crippen LogP) is 2.11. The van der Waals surface area contributed by atoms with Gasteiger partial charge in [0.25, 0.3) is 0 Å². The van der Waals surface area contributed by atoms with Gasteiger partial charge in [0, 0.05) is 50.5 Å². The zero-order chi connectivity index (χ0) is 19.5. The highest BCUT2D eigenvalue weighted by Gasteiger charge is 2.22. The molecule has 1 atom stereocenters. The molecule has 0 aliphatic carbocycles. The van der Waals surface area contributed by atoms with Crippen LogP contribution < -0.4 is 14.4 Å². The van der Waals surface area contributed by atoms with Gasteiger partial charge in [-0.25, -0.2) is 9.97 Å². The molecule has 1 N–H and O–H groups in total. The highest BCUT2D eigenvalue weighted by molar-refractivity contribution is 5.44. The van der Waals surface area contributed by atoms with E-state index < -0.39 is 6.10 Å². The molecule has 1 saturated heterocycles. The molecule has 4 rings (SSSR count). The van der Waals surface area contributed by atoms with Gasteiger partial charge in [-0.1, -0.05) is 6.07 Å². The smallest absolute Gasteiger partial charge is 0.225 e. The third-order valence-corrected chi connectivity index (χ3v) is 5.21. The number of anilines is 1. The van der Waals surface area contributed by atoms with Gasteiger partial charge in [-0.3, -0.25) is 4.90 Å². The topological polar surface area (TPSA) is 71.0 Å². The first kappa shape index (κ1) is 19.0. The Morgan fingerprint density at radius 3 is 2.36 bits per heavy atom. The summed E-state index contributed by atoms with van der Waals surface area (Å²) in [6.45, 7) is 9.38. The van der Waals surface area contributed by atoms with E-state index in [1.165, 1.54) is 0 Å². The molecule has 0 amide bonds. The van der Waals surface area contributed by atoms with Crippen molar-refractivity contribution in [3.63, 3.8) is 0 Å². The number of aliphatic hydroxyl groups is 1. The first-order chi connectivity index (χ1) is 13.6. The van der Waals surface area contributed by atoms with E-state index in [2.05, 4.69) is 19.8 Å². The summed E-state index contributed by atoms with van der Waals surface area (Å²) in [6.07, 6.45) is 0.322. The number of aryl methyl sites for hydroxylation is 2. The fourth-order valence-corrected chi connectivity index (χ4v) is 3.72. The predicted molar refractivity (Wildman–Crippen MR) is 107 cm³/mol. The number of β-amino-alcohol motifs (C(OH)–C–C–N with tert-alkyl or cyclic N) is 1. The van der Waals surface area contributed by atoms with Crippen LogP contribution in [0, 0.1) is 13.8 Å². The van der Waals surface area contributed by atoms with Crippen molar-refractivity contribution in [3.05, 3.63) is 41.2 Å². The first-order valence-corrected chi connectivity index (χ1v) is 9.96. The Bertz CT molecular complexity index is 801. The third kappa shape index (κ3) is 4.36. The van der Waals surface area contributed by atoms with E-state index >= 15 is 0 Å². The van der Waals surface area contributed by atoms with Gasteiger partial charge in [-0.15, -0.1) is 0 Å². The van der Waals surface area contributed by atoms with Crippen molar-refractivity contribution in [1.29, 1.82) is 0 Å². The summed E-state index contributed by atoms with van der Waals surface area (Å²) in [5.74, 6) is 2.29. The van der Waals surface area contributed by atoms with Crippen LogP contribution in [0.1, 0.15) is 29.5 Å². The molecule has 7 nitrogen and oxygen atoms in total. The van der Waals surface area contributed by atoms with E-state index in [9.17, 15) is 5.11 Å². The lowest BCUT2D eigenvalue weighted by Gasteiger charge is -2.35. The number of fused-ring (bicyclic) bond motifs is 1. The van der Waals surface area contributed by atoms with Crippen LogP contribution in [-0.2, 0) is 0 Å². The Labute approximate surface area is 165 Å². The van der Waals surface area contributed by atoms with E-state index in [0.717, 1.165) is 67.0 Å². The monoisotopic (exact) mass is 384 g/mol. The van der Waals surface area contributed by atoms with Crippen molar-refractivity contribution in [2.24, 2.45) is 0 Å². The molecule has 0 radical (unpaired) electrons. The normalized spacial score (nSPS) is 18.6. The molecule has 1 unspecified atom stereocenters. The second-order valence-electron chi connectivity index (χ2n) is 7.51. The lowest BCUT2D eigenvalue weighted by molar-refractivity contribution is 0.109. The second-order valence-corrected chi connectivity index (χ2v) is 7.51. The van der Waals surface area contributed by atoms with Crippen LogP contribution in [0.25, 0.3) is 0 Å². The number of hydrogen-bond acceptors (Lipinski definition) is 7. The van der Waals surface area contributed by atoms with E-state index in [4.69, 9.17) is 9.47 Å². The van der Waals surface area contributed by atoms with Gasteiger partial charge >= 0.3 is 0 Å².